The van der Waals surface area contributed by atoms with E-state index in [1.54, 1.807) is 0 Å². The molecular formula is C11H23NO2. The summed E-state index contributed by atoms with van der Waals surface area (Å²) in [7, 11) is 0. The highest BCUT2D eigenvalue weighted by atomic mass is 16.6. The van der Waals surface area contributed by atoms with Crippen LogP contribution in [-0.4, -0.2) is 17.7 Å². The second kappa shape index (κ2) is 5.23. The second-order valence-electron chi connectivity index (χ2n) is 5.18. The third-order valence-corrected chi connectivity index (χ3v) is 1.59. The number of hydrogen-bond acceptors (Lipinski definition) is 2. The highest BCUT2D eigenvalue weighted by molar-refractivity contribution is 5.67. The number of rotatable bonds is 3. The third-order valence-electron chi connectivity index (χ3n) is 1.59. The van der Waals surface area contributed by atoms with Crippen molar-refractivity contribution in [2.45, 2.75) is 59.6 Å². The molecule has 3 heteroatoms. The number of carbonyl (C=O) groups excluding carboxylic acids is 1. The Kier molecular flexibility index (Phi) is 4.95. The van der Waals surface area contributed by atoms with E-state index >= 15 is 0 Å². The maximum Gasteiger partial charge on any atom is 0.407 e. The van der Waals surface area contributed by atoms with E-state index in [4.69, 9.17) is 4.74 Å². The van der Waals surface area contributed by atoms with Crippen LogP contribution in [0.5, 0.6) is 0 Å². The molecule has 0 bridgehead atoms. The normalized spacial score (nSPS) is 13.9. The first-order valence-corrected chi connectivity index (χ1v) is 5.20. The first kappa shape index (κ1) is 13.3. The predicted octanol–water partition coefficient (Wildman–Crippen LogP) is 2.95. The van der Waals surface area contributed by atoms with Gasteiger partial charge in [-0.05, 0) is 40.0 Å². The lowest BCUT2D eigenvalue weighted by Gasteiger charge is -2.22. The molecular weight excluding hydrogens is 178 g/mol. The molecule has 84 valence electrons. The maximum atomic E-state index is 11.3. The molecule has 1 amide bonds. The van der Waals surface area contributed by atoms with E-state index in [-0.39, 0.29) is 12.1 Å². The molecule has 0 saturated heterocycles. The van der Waals surface area contributed by atoms with Gasteiger partial charge in [0.2, 0.25) is 0 Å². The Morgan fingerprint density at radius 2 is 1.79 bits per heavy atom. The van der Waals surface area contributed by atoms with Gasteiger partial charge in [0.15, 0.2) is 0 Å². The van der Waals surface area contributed by atoms with Gasteiger partial charge in [0.1, 0.15) is 5.60 Å². The lowest BCUT2D eigenvalue weighted by molar-refractivity contribution is 0.0503. The number of ether oxygens (including phenoxy) is 1. The number of amides is 1. The summed E-state index contributed by atoms with van der Waals surface area (Å²) in [4.78, 5) is 11.3. The summed E-state index contributed by atoms with van der Waals surface area (Å²) >= 11 is 0. The van der Waals surface area contributed by atoms with Crippen LogP contribution in [0.4, 0.5) is 4.79 Å². The fourth-order valence-electron chi connectivity index (χ4n) is 1.27. The number of nitrogens with one attached hydrogen (secondary N) is 1. The minimum atomic E-state index is -0.415. The van der Waals surface area contributed by atoms with E-state index in [0.717, 1.165) is 6.42 Å². The van der Waals surface area contributed by atoms with Crippen molar-refractivity contribution in [3.05, 3.63) is 0 Å². The monoisotopic (exact) mass is 201 g/mol. The molecule has 0 heterocycles. The molecule has 0 rings (SSSR count). The average molecular weight is 201 g/mol. The third kappa shape index (κ3) is 7.90. The van der Waals surface area contributed by atoms with E-state index < -0.39 is 5.60 Å². The van der Waals surface area contributed by atoms with Gasteiger partial charge in [-0.1, -0.05) is 13.8 Å². The molecule has 0 saturated carbocycles. The van der Waals surface area contributed by atoms with Gasteiger partial charge in [0.25, 0.3) is 0 Å². The largest absolute Gasteiger partial charge is 0.444 e. The molecule has 1 atom stereocenters. The van der Waals surface area contributed by atoms with Gasteiger partial charge in [0, 0.05) is 6.04 Å². The van der Waals surface area contributed by atoms with E-state index in [0.29, 0.717) is 5.92 Å². The van der Waals surface area contributed by atoms with Crippen LogP contribution in [0.15, 0.2) is 0 Å². The highest BCUT2D eigenvalue weighted by Gasteiger charge is 2.17. The van der Waals surface area contributed by atoms with Crippen molar-refractivity contribution in [3.8, 4) is 0 Å². The lowest BCUT2D eigenvalue weighted by Crippen LogP contribution is -2.38. The lowest BCUT2D eigenvalue weighted by atomic mass is 10.1. The Bertz CT molecular complexity index is 182. The van der Waals surface area contributed by atoms with Crippen molar-refractivity contribution in [2.24, 2.45) is 5.92 Å². The van der Waals surface area contributed by atoms with Crippen LogP contribution in [-0.2, 0) is 4.74 Å². The zero-order valence-electron chi connectivity index (χ0n) is 10.2. The Labute approximate surface area is 87.2 Å². The molecule has 0 aliphatic heterocycles. The summed E-state index contributed by atoms with van der Waals surface area (Å²) in [6, 6.07) is 0.171. The van der Waals surface area contributed by atoms with E-state index in [1.165, 1.54) is 0 Å². The zero-order chi connectivity index (χ0) is 11.4. The van der Waals surface area contributed by atoms with E-state index in [9.17, 15) is 4.79 Å². The van der Waals surface area contributed by atoms with Gasteiger partial charge in [-0.3, -0.25) is 0 Å². The molecule has 0 aromatic rings. The van der Waals surface area contributed by atoms with Crippen molar-refractivity contribution in [1.29, 1.82) is 0 Å². The standard InChI is InChI=1S/C11H23NO2/c1-8(2)7-9(3)12-10(13)14-11(4,5)6/h8-9H,7H2,1-6H3,(H,12,13). The van der Waals surface area contributed by atoms with Crippen LogP contribution < -0.4 is 5.32 Å². The van der Waals surface area contributed by atoms with Gasteiger partial charge in [-0.15, -0.1) is 0 Å². The molecule has 0 fully saturated rings. The highest BCUT2D eigenvalue weighted by Crippen LogP contribution is 2.08. The van der Waals surface area contributed by atoms with Crippen LogP contribution in [0.1, 0.15) is 48.0 Å². The summed E-state index contributed by atoms with van der Waals surface area (Å²) < 4.78 is 5.14. The molecule has 1 unspecified atom stereocenters. The van der Waals surface area contributed by atoms with Crippen molar-refractivity contribution >= 4 is 6.09 Å². The summed E-state index contributed by atoms with van der Waals surface area (Å²) in [5, 5.41) is 2.81. The summed E-state index contributed by atoms with van der Waals surface area (Å²) in [5.74, 6) is 0.583. The van der Waals surface area contributed by atoms with Crippen molar-refractivity contribution in [2.75, 3.05) is 0 Å². The van der Waals surface area contributed by atoms with Crippen molar-refractivity contribution in [1.82, 2.24) is 5.32 Å². The van der Waals surface area contributed by atoms with Crippen LogP contribution >= 0.6 is 0 Å². The van der Waals surface area contributed by atoms with Crippen molar-refractivity contribution in [3.63, 3.8) is 0 Å². The summed E-state index contributed by atoms with van der Waals surface area (Å²) in [6.07, 6.45) is 0.643. The van der Waals surface area contributed by atoms with Crippen LogP contribution in [0.25, 0.3) is 0 Å². The van der Waals surface area contributed by atoms with Gasteiger partial charge in [-0.25, -0.2) is 4.79 Å². The van der Waals surface area contributed by atoms with Crippen LogP contribution in [0, 0.1) is 5.92 Å². The average Bonchev–Trinajstić information content (AvgIpc) is 1.77. The van der Waals surface area contributed by atoms with Gasteiger partial charge in [-0.2, -0.15) is 0 Å². The predicted molar refractivity (Wildman–Crippen MR) is 58.3 cm³/mol. The number of carbonyl (C=O) groups is 1. The van der Waals surface area contributed by atoms with Crippen LogP contribution in [0.2, 0.25) is 0 Å². The SMILES string of the molecule is CC(C)CC(C)NC(=O)OC(C)(C)C. The fourth-order valence-corrected chi connectivity index (χ4v) is 1.27. The first-order valence-electron chi connectivity index (χ1n) is 5.20. The molecule has 0 spiro atoms. The van der Waals surface area contributed by atoms with Gasteiger partial charge in [0.05, 0.1) is 0 Å². The second-order valence-corrected chi connectivity index (χ2v) is 5.18. The fraction of sp³-hybridized carbons (Fsp3) is 0.909. The Morgan fingerprint density at radius 3 is 2.14 bits per heavy atom. The molecule has 3 nitrogen and oxygen atoms in total. The van der Waals surface area contributed by atoms with E-state index in [1.807, 2.05) is 27.7 Å². The van der Waals surface area contributed by atoms with Crippen LogP contribution in [0.3, 0.4) is 0 Å². The minimum absolute atomic E-state index is 0.171. The molecule has 0 aromatic heterocycles. The van der Waals surface area contributed by atoms with E-state index in [2.05, 4.69) is 19.2 Å². The van der Waals surface area contributed by atoms with Crippen molar-refractivity contribution < 1.29 is 9.53 Å². The summed E-state index contributed by atoms with van der Waals surface area (Å²) in [5.41, 5.74) is -0.415. The minimum Gasteiger partial charge on any atom is -0.444 e. The van der Waals surface area contributed by atoms with Gasteiger partial charge >= 0.3 is 6.09 Å². The maximum absolute atomic E-state index is 11.3. The topological polar surface area (TPSA) is 38.3 Å². The first-order chi connectivity index (χ1) is 6.20. The molecule has 14 heavy (non-hydrogen) atoms. The molecule has 0 aliphatic rings. The molecule has 0 aromatic carbocycles. The summed E-state index contributed by atoms with van der Waals surface area (Å²) in [6.45, 7) is 11.8. The Balaban J connectivity index is 3.83. The van der Waals surface area contributed by atoms with Gasteiger partial charge < -0.3 is 10.1 Å². The molecule has 1 N–H and O–H groups in total. The molecule has 0 radical (unpaired) electrons. The molecule has 0 aliphatic carbocycles. The smallest absolute Gasteiger partial charge is 0.407 e. The zero-order valence-corrected chi connectivity index (χ0v) is 10.2. The Hall–Kier alpha value is -0.730. The Morgan fingerprint density at radius 1 is 1.29 bits per heavy atom. The number of hydrogen-bond donors (Lipinski definition) is 1. The number of alkyl carbamates (subject to hydrolysis) is 1. The quantitative estimate of drug-likeness (QED) is 0.762.